The van der Waals surface area contributed by atoms with Crippen molar-refractivity contribution in [2.24, 2.45) is 0 Å². The van der Waals surface area contributed by atoms with Gasteiger partial charge < -0.3 is 10.2 Å². The van der Waals surface area contributed by atoms with Gasteiger partial charge in [-0.25, -0.2) is 8.42 Å². The van der Waals surface area contributed by atoms with E-state index in [2.05, 4.69) is 5.32 Å². The van der Waals surface area contributed by atoms with Gasteiger partial charge in [0.25, 0.3) is 10.0 Å². The van der Waals surface area contributed by atoms with Crippen LogP contribution < -0.4 is 9.62 Å². The summed E-state index contributed by atoms with van der Waals surface area (Å²) < 4.78 is 28.1. The van der Waals surface area contributed by atoms with Gasteiger partial charge in [0.2, 0.25) is 11.8 Å². The minimum Gasteiger partial charge on any atom is -0.352 e. The zero-order valence-electron chi connectivity index (χ0n) is 22.7. The maximum absolute atomic E-state index is 13.7. The van der Waals surface area contributed by atoms with Crippen LogP contribution in [0.3, 0.4) is 0 Å². The Morgan fingerprint density at radius 2 is 1.72 bits per heavy atom. The van der Waals surface area contributed by atoms with Gasteiger partial charge in [-0.05, 0) is 55.7 Å². The van der Waals surface area contributed by atoms with E-state index < -0.39 is 16.1 Å². The van der Waals surface area contributed by atoms with Gasteiger partial charge >= 0.3 is 0 Å². The molecule has 5 rings (SSSR count). The number of carbonyl (C=O) groups is 2. The van der Waals surface area contributed by atoms with E-state index in [1.807, 2.05) is 62.4 Å². The molecule has 8 heteroatoms. The predicted molar refractivity (Wildman–Crippen MR) is 154 cm³/mol. The summed E-state index contributed by atoms with van der Waals surface area (Å²) in [6.07, 6.45) is 5.20. The summed E-state index contributed by atoms with van der Waals surface area (Å²) in [5.41, 5.74) is 2.75. The van der Waals surface area contributed by atoms with Crippen molar-refractivity contribution in [3.8, 4) is 0 Å². The molecule has 39 heavy (non-hydrogen) atoms. The van der Waals surface area contributed by atoms with Crippen molar-refractivity contribution < 1.29 is 18.0 Å². The molecule has 0 spiro atoms. The van der Waals surface area contributed by atoms with Crippen molar-refractivity contribution in [3.63, 3.8) is 0 Å². The number of benzene rings is 3. The highest BCUT2D eigenvalue weighted by Crippen LogP contribution is 2.42. The molecule has 1 N–H and O–H groups in total. The largest absolute Gasteiger partial charge is 0.352 e. The fourth-order valence-electron chi connectivity index (χ4n) is 5.89. The van der Waals surface area contributed by atoms with Gasteiger partial charge in [-0.3, -0.25) is 13.9 Å². The molecule has 1 fully saturated rings. The van der Waals surface area contributed by atoms with Crippen molar-refractivity contribution in [1.82, 2.24) is 10.2 Å². The number of nitrogens with one attached hydrogen (secondary N) is 1. The summed E-state index contributed by atoms with van der Waals surface area (Å²) in [5, 5.41) is 4.80. The van der Waals surface area contributed by atoms with Crippen molar-refractivity contribution in [2.45, 2.75) is 82.3 Å². The van der Waals surface area contributed by atoms with Gasteiger partial charge in [0.1, 0.15) is 6.04 Å². The summed E-state index contributed by atoms with van der Waals surface area (Å²) in [6, 6.07) is 18.5. The van der Waals surface area contributed by atoms with Crippen LogP contribution in [0.25, 0.3) is 10.8 Å². The number of sulfonamides is 1. The number of carbonyl (C=O) groups excluding carboxylic acids is 2. The quantitative estimate of drug-likeness (QED) is 0.373. The van der Waals surface area contributed by atoms with Crippen LogP contribution in [-0.4, -0.2) is 43.8 Å². The Morgan fingerprint density at radius 1 is 1.03 bits per heavy atom. The van der Waals surface area contributed by atoms with Crippen LogP contribution in [0.15, 0.2) is 65.6 Å². The second-order valence-electron chi connectivity index (χ2n) is 10.7. The Balaban J connectivity index is 1.32. The van der Waals surface area contributed by atoms with E-state index >= 15 is 0 Å². The fraction of sp³-hybridized carbons (Fsp3) is 0.419. The number of nitrogens with zero attached hydrogens (tertiary/aromatic N) is 2. The van der Waals surface area contributed by atoms with Crippen LogP contribution >= 0.6 is 0 Å². The third-order valence-corrected chi connectivity index (χ3v) is 9.85. The molecule has 2 amide bonds. The molecule has 0 bridgehead atoms. The molecule has 1 aliphatic carbocycles. The SMILES string of the molecule is CCC(C(=O)NC1CCCC1)N(Cc1ccc(C)cc1)C(=O)CCCN1c2cccc3cccc(c23)S1(=O)=O. The Hall–Kier alpha value is -3.39. The highest BCUT2D eigenvalue weighted by atomic mass is 32.2. The van der Waals surface area contributed by atoms with Gasteiger partial charge in [-0.2, -0.15) is 0 Å². The third kappa shape index (κ3) is 5.53. The molecule has 0 aromatic heterocycles. The second-order valence-corrected chi connectivity index (χ2v) is 12.6. The molecule has 1 atom stereocenters. The molecular formula is C31H37N3O4S. The van der Waals surface area contributed by atoms with Crippen LogP contribution in [0.4, 0.5) is 5.69 Å². The first-order valence-corrected chi connectivity index (χ1v) is 15.4. The van der Waals surface area contributed by atoms with E-state index in [1.54, 1.807) is 17.0 Å². The van der Waals surface area contributed by atoms with Crippen molar-refractivity contribution in [1.29, 1.82) is 0 Å². The Kier molecular flexibility index (Phi) is 7.93. The van der Waals surface area contributed by atoms with Crippen molar-refractivity contribution in [3.05, 3.63) is 71.8 Å². The zero-order valence-corrected chi connectivity index (χ0v) is 23.5. The highest BCUT2D eigenvalue weighted by molar-refractivity contribution is 7.93. The fourth-order valence-corrected chi connectivity index (χ4v) is 7.64. The lowest BCUT2D eigenvalue weighted by molar-refractivity contribution is -0.141. The van der Waals surface area contributed by atoms with Gasteiger partial charge in [0, 0.05) is 30.9 Å². The molecular weight excluding hydrogens is 510 g/mol. The number of rotatable bonds is 10. The zero-order chi connectivity index (χ0) is 27.6. The Labute approximate surface area is 231 Å². The lowest BCUT2D eigenvalue weighted by Gasteiger charge is -2.32. The molecule has 2 aliphatic rings. The Bertz CT molecular complexity index is 1460. The third-order valence-electron chi connectivity index (χ3n) is 7.99. The first-order valence-electron chi connectivity index (χ1n) is 14.0. The van der Waals surface area contributed by atoms with Crippen LogP contribution in [0.5, 0.6) is 0 Å². The summed E-state index contributed by atoms with van der Waals surface area (Å²) in [4.78, 5) is 29.0. The van der Waals surface area contributed by atoms with E-state index in [-0.39, 0.29) is 30.8 Å². The second kappa shape index (κ2) is 11.4. The first kappa shape index (κ1) is 27.2. The van der Waals surface area contributed by atoms with Crippen molar-refractivity contribution in [2.75, 3.05) is 10.8 Å². The number of anilines is 1. The monoisotopic (exact) mass is 547 g/mol. The average Bonchev–Trinajstić information content (AvgIpc) is 3.51. The van der Waals surface area contributed by atoms with Crippen LogP contribution in [-0.2, 0) is 26.2 Å². The first-order chi connectivity index (χ1) is 18.8. The molecule has 0 radical (unpaired) electrons. The summed E-state index contributed by atoms with van der Waals surface area (Å²) in [5.74, 6) is -0.245. The molecule has 1 saturated carbocycles. The van der Waals surface area contributed by atoms with Crippen LogP contribution in [0.1, 0.15) is 63.0 Å². The summed E-state index contributed by atoms with van der Waals surface area (Å²) in [7, 11) is -3.67. The molecule has 206 valence electrons. The standard InChI is InChI=1S/C31H37N3O4S/c1-3-26(31(36)32-25-11-4-5-12-25)33(21-23-18-16-22(2)17-19-23)29(35)15-8-20-34-27-13-6-9-24-10-7-14-28(30(24)27)39(34,37)38/h6-7,9-10,13-14,16-19,25-26H,3-5,8,11-12,15,20-21H2,1-2H3,(H,32,36). The molecule has 0 saturated heterocycles. The smallest absolute Gasteiger partial charge is 0.265 e. The molecule has 1 unspecified atom stereocenters. The molecule has 7 nitrogen and oxygen atoms in total. The minimum absolute atomic E-state index is 0.103. The van der Waals surface area contributed by atoms with Crippen LogP contribution in [0, 0.1) is 6.92 Å². The van der Waals surface area contributed by atoms with E-state index in [4.69, 9.17) is 0 Å². The number of hydrogen-bond donors (Lipinski definition) is 1. The highest BCUT2D eigenvalue weighted by Gasteiger charge is 2.36. The Morgan fingerprint density at radius 3 is 2.41 bits per heavy atom. The number of aryl methyl sites for hydroxylation is 1. The summed E-state index contributed by atoms with van der Waals surface area (Å²) >= 11 is 0. The predicted octanol–water partition coefficient (Wildman–Crippen LogP) is 5.30. The van der Waals surface area contributed by atoms with Gasteiger partial charge in [-0.1, -0.05) is 73.9 Å². The molecule has 3 aromatic rings. The topological polar surface area (TPSA) is 86.8 Å². The van der Waals surface area contributed by atoms with E-state index in [0.29, 0.717) is 30.0 Å². The van der Waals surface area contributed by atoms with Crippen molar-refractivity contribution >= 4 is 38.3 Å². The lowest BCUT2D eigenvalue weighted by atomic mass is 10.1. The minimum atomic E-state index is -3.67. The molecule has 1 heterocycles. The van der Waals surface area contributed by atoms with E-state index in [0.717, 1.165) is 47.6 Å². The average molecular weight is 548 g/mol. The van der Waals surface area contributed by atoms with Crippen LogP contribution in [0.2, 0.25) is 0 Å². The van der Waals surface area contributed by atoms with Gasteiger partial charge in [0.15, 0.2) is 0 Å². The molecule has 3 aromatic carbocycles. The maximum atomic E-state index is 13.7. The number of hydrogen-bond acceptors (Lipinski definition) is 4. The summed E-state index contributed by atoms with van der Waals surface area (Å²) in [6.45, 7) is 4.48. The van der Waals surface area contributed by atoms with E-state index in [9.17, 15) is 18.0 Å². The normalized spacial score (nSPS) is 16.9. The number of amides is 2. The molecule has 1 aliphatic heterocycles. The van der Waals surface area contributed by atoms with Gasteiger partial charge in [-0.15, -0.1) is 0 Å². The van der Waals surface area contributed by atoms with Gasteiger partial charge in [0.05, 0.1) is 10.6 Å². The van der Waals surface area contributed by atoms with E-state index in [1.165, 1.54) is 4.31 Å². The lowest BCUT2D eigenvalue weighted by Crippen LogP contribution is -2.51. The maximum Gasteiger partial charge on any atom is 0.265 e.